The van der Waals surface area contributed by atoms with Crippen LogP contribution in [0, 0.1) is 0 Å². The average molecular weight is 345 g/mol. The Bertz CT molecular complexity index is 1040. The second kappa shape index (κ2) is 6.37. The number of hydrogen-bond donors (Lipinski definition) is 2. The van der Waals surface area contributed by atoms with Gasteiger partial charge in [0.05, 0.1) is 10.2 Å². The van der Waals surface area contributed by atoms with Crippen LogP contribution in [0.25, 0.3) is 21.3 Å². The smallest absolute Gasteiger partial charge is 0.255 e. The molecule has 3 aromatic carbocycles. The highest BCUT2D eigenvalue weighted by Gasteiger charge is 2.08. The first-order valence-corrected chi connectivity index (χ1v) is 8.63. The molecule has 5 heteroatoms. The average Bonchev–Trinajstić information content (AvgIpc) is 3.02. The molecule has 0 saturated carbocycles. The number of nitrogen functional groups attached to an aromatic ring is 1. The molecule has 1 aromatic heterocycles. The Balaban J connectivity index is 1.53. The zero-order valence-electron chi connectivity index (χ0n) is 13.3. The molecule has 0 aliphatic heterocycles. The summed E-state index contributed by atoms with van der Waals surface area (Å²) >= 11 is 1.40. The summed E-state index contributed by atoms with van der Waals surface area (Å²) in [5.41, 5.74) is 10.1. The molecule has 3 N–H and O–H groups in total. The lowest BCUT2D eigenvalue weighted by Gasteiger charge is -2.07. The largest absolute Gasteiger partial charge is 0.375 e. The summed E-state index contributed by atoms with van der Waals surface area (Å²) in [4.78, 5) is 16.7. The fourth-order valence-corrected chi connectivity index (χ4v) is 3.44. The minimum Gasteiger partial charge on any atom is -0.375 e. The van der Waals surface area contributed by atoms with Crippen molar-refractivity contribution in [2.24, 2.45) is 0 Å². The van der Waals surface area contributed by atoms with E-state index in [0.29, 0.717) is 10.7 Å². The van der Waals surface area contributed by atoms with E-state index in [1.54, 1.807) is 0 Å². The highest BCUT2D eigenvalue weighted by Crippen LogP contribution is 2.27. The third kappa shape index (κ3) is 3.22. The molecule has 4 aromatic rings. The Kier molecular flexibility index (Phi) is 3.91. The van der Waals surface area contributed by atoms with Gasteiger partial charge >= 0.3 is 0 Å². The SMILES string of the molecule is Nc1nc2ccc(NC(=O)c3ccc(-c4ccccc4)cc3)cc2s1. The third-order valence-corrected chi connectivity index (χ3v) is 4.76. The molecule has 0 fully saturated rings. The topological polar surface area (TPSA) is 68.0 Å². The Morgan fingerprint density at radius 3 is 2.40 bits per heavy atom. The summed E-state index contributed by atoms with van der Waals surface area (Å²) in [7, 11) is 0. The summed E-state index contributed by atoms with van der Waals surface area (Å²) < 4.78 is 0.953. The van der Waals surface area contributed by atoms with Gasteiger partial charge in [0.1, 0.15) is 0 Å². The molecule has 1 amide bonds. The molecule has 0 atom stereocenters. The molecule has 0 spiro atoms. The van der Waals surface area contributed by atoms with Crippen LogP contribution >= 0.6 is 11.3 Å². The molecule has 4 nitrogen and oxygen atoms in total. The summed E-state index contributed by atoms with van der Waals surface area (Å²) in [6, 6.07) is 23.2. The first-order valence-electron chi connectivity index (χ1n) is 7.82. The molecule has 0 radical (unpaired) electrons. The van der Waals surface area contributed by atoms with Crippen LogP contribution in [-0.2, 0) is 0 Å². The van der Waals surface area contributed by atoms with Gasteiger partial charge in [-0.15, -0.1) is 0 Å². The molecule has 0 aliphatic rings. The van der Waals surface area contributed by atoms with E-state index in [1.165, 1.54) is 11.3 Å². The maximum absolute atomic E-state index is 12.5. The predicted molar refractivity (Wildman–Crippen MR) is 104 cm³/mol. The lowest BCUT2D eigenvalue weighted by atomic mass is 10.0. The van der Waals surface area contributed by atoms with Crippen LogP contribution in [-0.4, -0.2) is 10.9 Å². The normalized spacial score (nSPS) is 10.7. The van der Waals surface area contributed by atoms with Crippen LogP contribution in [0.1, 0.15) is 10.4 Å². The second-order valence-corrected chi connectivity index (χ2v) is 6.69. The monoisotopic (exact) mass is 345 g/mol. The van der Waals surface area contributed by atoms with E-state index >= 15 is 0 Å². The van der Waals surface area contributed by atoms with Crippen LogP contribution < -0.4 is 11.1 Å². The third-order valence-electron chi connectivity index (χ3n) is 3.92. The lowest BCUT2D eigenvalue weighted by molar-refractivity contribution is 0.102. The maximum atomic E-state index is 12.5. The minimum atomic E-state index is -0.142. The Labute approximate surface area is 149 Å². The highest BCUT2D eigenvalue weighted by molar-refractivity contribution is 7.22. The van der Waals surface area contributed by atoms with Gasteiger partial charge in [0.25, 0.3) is 5.91 Å². The number of fused-ring (bicyclic) bond motifs is 1. The molecule has 0 bridgehead atoms. The Morgan fingerprint density at radius 2 is 1.64 bits per heavy atom. The number of nitrogens with one attached hydrogen (secondary N) is 1. The Hall–Kier alpha value is -3.18. The predicted octanol–water partition coefficient (Wildman–Crippen LogP) is 4.80. The first-order chi connectivity index (χ1) is 12.2. The van der Waals surface area contributed by atoms with Gasteiger partial charge in [0, 0.05) is 11.3 Å². The number of anilines is 2. The minimum absolute atomic E-state index is 0.142. The van der Waals surface area contributed by atoms with Crippen molar-refractivity contribution >= 4 is 38.3 Å². The van der Waals surface area contributed by atoms with Crippen LogP contribution in [0.3, 0.4) is 0 Å². The van der Waals surface area contributed by atoms with Gasteiger partial charge in [-0.05, 0) is 41.5 Å². The van der Waals surface area contributed by atoms with E-state index in [1.807, 2.05) is 72.8 Å². The van der Waals surface area contributed by atoms with Crippen LogP contribution in [0.15, 0.2) is 72.8 Å². The zero-order chi connectivity index (χ0) is 17.2. The summed E-state index contributed by atoms with van der Waals surface area (Å²) in [5.74, 6) is -0.142. The van der Waals surface area contributed by atoms with Crippen molar-refractivity contribution < 1.29 is 4.79 Å². The Morgan fingerprint density at radius 1 is 0.920 bits per heavy atom. The van der Waals surface area contributed by atoms with Crippen molar-refractivity contribution in [3.8, 4) is 11.1 Å². The van der Waals surface area contributed by atoms with Crippen molar-refractivity contribution in [2.45, 2.75) is 0 Å². The molecular weight excluding hydrogens is 330 g/mol. The number of carbonyl (C=O) groups excluding carboxylic acids is 1. The molecule has 122 valence electrons. The van der Waals surface area contributed by atoms with Crippen LogP contribution in [0.2, 0.25) is 0 Å². The van der Waals surface area contributed by atoms with E-state index in [9.17, 15) is 4.79 Å². The van der Waals surface area contributed by atoms with Crippen molar-refractivity contribution in [3.05, 3.63) is 78.4 Å². The molecule has 0 aliphatic carbocycles. The second-order valence-electron chi connectivity index (χ2n) is 5.63. The van der Waals surface area contributed by atoms with E-state index in [4.69, 9.17) is 5.73 Å². The van der Waals surface area contributed by atoms with Gasteiger partial charge in [0.2, 0.25) is 0 Å². The standard InChI is InChI=1S/C20H15N3OS/c21-20-23-17-11-10-16(12-18(17)25-20)22-19(24)15-8-6-14(7-9-15)13-4-2-1-3-5-13/h1-12H,(H2,21,23)(H,22,24). The number of amides is 1. The molecule has 25 heavy (non-hydrogen) atoms. The molecule has 0 saturated heterocycles. The number of carbonyl (C=O) groups is 1. The van der Waals surface area contributed by atoms with Gasteiger partial charge in [-0.2, -0.15) is 0 Å². The van der Waals surface area contributed by atoms with Crippen LogP contribution in [0.4, 0.5) is 10.8 Å². The zero-order valence-corrected chi connectivity index (χ0v) is 14.1. The van der Waals surface area contributed by atoms with Gasteiger partial charge in [-0.1, -0.05) is 53.8 Å². The lowest BCUT2D eigenvalue weighted by Crippen LogP contribution is -2.11. The summed E-state index contributed by atoms with van der Waals surface area (Å²) in [6.45, 7) is 0. The fourth-order valence-electron chi connectivity index (χ4n) is 2.67. The number of benzene rings is 3. The quantitative estimate of drug-likeness (QED) is 0.560. The number of nitrogens with two attached hydrogens (primary N) is 1. The van der Waals surface area contributed by atoms with Gasteiger partial charge < -0.3 is 11.1 Å². The summed E-state index contributed by atoms with van der Waals surface area (Å²) in [6.07, 6.45) is 0. The van der Waals surface area contributed by atoms with Crippen molar-refractivity contribution in [2.75, 3.05) is 11.1 Å². The number of hydrogen-bond acceptors (Lipinski definition) is 4. The number of aromatic nitrogens is 1. The van der Waals surface area contributed by atoms with Crippen molar-refractivity contribution in [1.29, 1.82) is 0 Å². The van der Waals surface area contributed by atoms with Crippen molar-refractivity contribution in [3.63, 3.8) is 0 Å². The van der Waals surface area contributed by atoms with E-state index < -0.39 is 0 Å². The maximum Gasteiger partial charge on any atom is 0.255 e. The van der Waals surface area contributed by atoms with Crippen molar-refractivity contribution in [1.82, 2.24) is 4.98 Å². The van der Waals surface area contributed by atoms with E-state index in [0.717, 1.165) is 27.0 Å². The number of rotatable bonds is 3. The first kappa shape index (κ1) is 15.4. The van der Waals surface area contributed by atoms with E-state index in [2.05, 4.69) is 10.3 Å². The molecular formula is C20H15N3OS. The fraction of sp³-hybridized carbons (Fsp3) is 0. The number of thiazole rings is 1. The molecule has 0 unspecified atom stereocenters. The van der Waals surface area contributed by atoms with Gasteiger partial charge in [-0.3, -0.25) is 4.79 Å². The number of nitrogens with zero attached hydrogens (tertiary/aromatic N) is 1. The van der Waals surface area contributed by atoms with Crippen LogP contribution in [0.5, 0.6) is 0 Å². The molecule has 1 heterocycles. The van der Waals surface area contributed by atoms with Gasteiger partial charge in [-0.25, -0.2) is 4.98 Å². The highest BCUT2D eigenvalue weighted by atomic mass is 32.1. The summed E-state index contributed by atoms with van der Waals surface area (Å²) in [5, 5.41) is 3.44. The van der Waals surface area contributed by atoms with Gasteiger partial charge in [0.15, 0.2) is 5.13 Å². The molecule has 4 rings (SSSR count). The van der Waals surface area contributed by atoms with E-state index in [-0.39, 0.29) is 5.91 Å².